The predicted octanol–water partition coefficient (Wildman–Crippen LogP) is 3.85. The van der Waals surface area contributed by atoms with Crippen molar-refractivity contribution in [2.24, 2.45) is 0 Å². The lowest BCUT2D eigenvalue weighted by molar-refractivity contribution is 0.496. The molecule has 32 heavy (non-hydrogen) atoms. The van der Waals surface area contributed by atoms with Gasteiger partial charge in [-0.25, -0.2) is 18.3 Å². The minimum atomic E-state index is -0.763. The summed E-state index contributed by atoms with van der Waals surface area (Å²) in [5.74, 6) is -1.74. The minimum absolute atomic E-state index is 0.148. The molecule has 1 aromatic carbocycles. The van der Waals surface area contributed by atoms with Crippen LogP contribution in [0.1, 0.15) is 28.8 Å². The van der Waals surface area contributed by atoms with Crippen LogP contribution in [-0.4, -0.2) is 36.3 Å². The maximum absolute atomic E-state index is 14.2. The second-order valence-electron chi connectivity index (χ2n) is 7.67. The third-order valence-corrected chi connectivity index (χ3v) is 5.74. The second kappa shape index (κ2) is 6.98. The number of nitrogens with one attached hydrogen (secondary N) is 1. The zero-order valence-electron chi connectivity index (χ0n) is 17.0. The number of nitrogens with zero attached hydrogens (tertiary/aromatic N) is 6. The number of H-pyrrole nitrogens is 1. The van der Waals surface area contributed by atoms with Crippen LogP contribution >= 0.6 is 0 Å². The Balaban J connectivity index is 1.47. The first-order chi connectivity index (χ1) is 15.6. The van der Waals surface area contributed by atoms with Gasteiger partial charge >= 0.3 is 6.01 Å². The van der Waals surface area contributed by atoms with Crippen molar-refractivity contribution in [3.8, 4) is 11.5 Å². The third kappa shape index (κ3) is 2.79. The van der Waals surface area contributed by atoms with E-state index in [0.29, 0.717) is 13.0 Å². The molecule has 5 aromatic rings. The molecule has 0 amide bonds. The Morgan fingerprint density at radius 2 is 1.91 bits per heavy atom. The van der Waals surface area contributed by atoms with E-state index < -0.39 is 17.7 Å². The molecule has 1 aliphatic rings. The number of hydrogen-bond donors (Lipinski definition) is 1. The quantitative estimate of drug-likeness (QED) is 0.465. The van der Waals surface area contributed by atoms with Gasteiger partial charge in [0, 0.05) is 24.4 Å². The van der Waals surface area contributed by atoms with Gasteiger partial charge in [0.1, 0.15) is 23.2 Å². The Kier molecular flexibility index (Phi) is 4.07. The van der Waals surface area contributed by atoms with E-state index in [1.807, 2.05) is 40.6 Å². The van der Waals surface area contributed by atoms with Crippen LogP contribution in [0.3, 0.4) is 0 Å². The Morgan fingerprint density at radius 3 is 2.72 bits per heavy atom. The average molecular weight is 433 g/mol. The van der Waals surface area contributed by atoms with Gasteiger partial charge in [-0.05, 0) is 37.3 Å². The largest absolute Gasteiger partial charge is 0.403 e. The zero-order chi connectivity index (χ0) is 21.8. The highest BCUT2D eigenvalue weighted by Crippen LogP contribution is 2.37. The van der Waals surface area contributed by atoms with E-state index in [9.17, 15) is 8.78 Å². The van der Waals surface area contributed by atoms with E-state index >= 15 is 0 Å². The Morgan fingerprint density at radius 1 is 1.09 bits per heavy atom. The molecule has 0 unspecified atom stereocenters. The number of halogens is 2. The molecule has 1 atom stereocenters. The first-order valence-corrected chi connectivity index (χ1v) is 10.1. The van der Waals surface area contributed by atoms with Gasteiger partial charge < -0.3 is 14.3 Å². The molecule has 4 aromatic heterocycles. The van der Waals surface area contributed by atoms with Crippen molar-refractivity contribution in [1.29, 1.82) is 0 Å². The molecule has 1 N–H and O–H groups in total. The van der Waals surface area contributed by atoms with E-state index in [4.69, 9.17) is 9.52 Å². The molecular weight excluding hydrogens is 416 g/mol. The maximum Gasteiger partial charge on any atom is 0.319 e. The molecule has 0 fully saturated rings. The summed E-state index contributed by atoms with van der Waals surface area (Å²) in [5.41, 5.74) is 4.15. The fourth-order valence-electron chi connectivity index (χ4n) is 4.22. The van der Waals surface area contributed by atoms with Gasteiger partial charge in [0.25, 0.3) is 5.89 Å². The first kappa shape index (κ1) is 18.7. The van der Waals surface area contributed by atoms with Gasteiger partial charge in [-0.2, -0.15) is 5.10 Å². The Bertz CT molecular complexity index is 1430. The van der Waals surface area contributed by atoms with Gasteiger partial charge in [0.2, 0.25) is 0 Å². The molecule has 0 aliphatic carbocycles. The molecule has 6 rings (SSSR count). The van der Waals surface area contributed by atoms with Crippen molar-refractivity contribution >= 4 is 11.5 Å². The van der Waals surface area contributed by atoms with E-state index in [2.05, 4.69) is 20.2 Å². The van der Waals surface area contributed by atoms with Gasteiger partial charge in [-0.1, -0.05) is 17.2 Å². The van der Waals surface area contributed by atoms with Crippen LogP contribution in [-0.2, 0) is 6.42 Å². The van der Waals surface area contributed by atoms with Crippen LogP contribution in [0.5, 0.6) is 0 Å². The summed E-state index contributed by atoms with van der Waals surface area (Å²) in [5, 5.41) is 12.8. The number of rotatable bonds is 3. The van der Waals surface area contributed by atoms with Gasteiger partial charge in [-0.15, -0.1) is 5.10 Å². The molecule has 0 saturated heterocycles. The summed E-state index contributed by atoms with van der Waals surface area (Å²) < 4.78 is 36.1. The Labute approximate surface area is 180 Å². The zero-order valence-corrected chi connectivity index (χ0v) is 17.0. The molecule has 160 valence electrons. The topological polar surface area (TPSA) is 88.1 Å². The fraction of sp³-hybridized carbons (Fsp3) is 0.182. The van der Waals surface area contributed by atoms with E-state index in [1.54, 1.807) is 6.33 Å². The standard InChI is InChI=1S/C22H17F2N7O/c1-12-4-2-5-13-10-17(29-31(12)13)20-19-16(25-11-26-19)8-9-30(20)22-28-27-21(32-22)18-14(23)6-3-7-15(18)24/h2-7,10-11,20H,8-9H2,1H3,(H,25,26)/t20-/m1/s1. The highest BCUT2D eigenvalue weighted by molar-refractivity contribution is 5.57. The van der Waals surface area contributed by atoms with Crippen molar-refractivity contribution < 1.29 is 13.2 Å². The summed E-state index contributed by atoms with van der Waals surface area (Å²) in [6, 6.07) is 11.3. The minimum Gasteiger partial charge on any atom is -0.403 e. The molecule has 8 nitrogen and oxygen atoms in total. The van der Waals surface area contributed by atoms with Crippen molar-refractivity contribution in [2.45, 2.75) is 19.4 Å². The second-order valence-corrected chi connectivity index (χ2v) is 7.67. The molecule has 5 heterocycles. The Hall–Kier alpha value is -4.08. The first-order valence-electron chi connectivity index (χ1n) is 10.1. The lowest BCUT2D eigenvalue weighted by atomic mass is 10.0. The molecule has 1 aliphatic heterocycles. The maximum atomic E-state index is 14.2. The van der Waals surface area contributed by atoms with E-state index in [0.717, 1.165) is 40.4 Å². The number of imidazole rings is 1. The predicted molar refractivity (Wildman–Crippen MR) is 111 cm³/mol. The smallest absolute Gasteiger partial charge is 0.319 e. The van der Waals surface area contributed by atoms with E-state index in [-0.39, 0.29) is 17.5 Å². The summed E-state index contributed by atoms with van der Waals surface area (Å²) >= 11 is 0. The lowest BCUT2D eigenvalue weighted by Crippen LogP contribution is -2.37. The highest BCUT2D eigenvalue weighted by Gasteiger charge is 2.36. The summed E-state index contributed by atoms with van der Waals surface area (Å²) in [4.78, 5) is 9.57. The number of anilines is 1. The molecule has 0 bridgehead atoms. The molecule has 0 spiro atoms. The summed E-state index contributed by atoms with van der Waals surface area (Å²) in [6.45, 7) is 2.52. The van der Waals surface area contributed by atoms with Crippen LogP contribution in [0, 0.1) is 18.6 Å². The normalized spacial score (nSPS) is 16.0. The number of aryl methyl sites for hydroxylation is 1. The molecular formula is C22H17F2N7O. The monoisotopic (exact) mass is 433 g/mol. The van der Waals surface area contributed by atoms with Crippen LogP contribution in [0.2, 0.25) is 0 Å². The van der Waals surface area contributed by atoms with Crippen LogP contribution in [0.25, 0.3) is 17.0 Å². The third-order valence-electron chi connectivity index (χ3n) is 5.74. The van der Waals surface area contributed by atoms with Crippen LogP contribution in [0.4, 0.5) is 14.8 Å². The molecule has 0 radical (unpaired) electrons. The van der Waals surface area contributed by atoms with Crippen molar-refractivity contribution in [3.63, 3.8) is 0 Å². The number of pyridine rings is 1. The van der Waals surface area contributed by atoms with Gasteiger partial charge in [-0.3, -0.25) is 0 Å². The van der Waals surface area contributed by atoms with E-state index in [1.165, 1.54) is 6.07 Å². The highest BCUT2D eigenvalue weighted by atomic mass is 19.1. The number of aromatic nitrogens is 6. The van der Waals surface area contributed by atoms with Crippen LogP contribution < -0.4 is 4.90 Å². The average Bonchev–Trinajstić information content (AvgIpc) is 3.52. The molecule has 10 heteroatoms. The summed E-state index contributed by atoms with van der Waals surface area (Å²) in [6.07, 6.45) is 2.32. The van der Waals surface area contributed by atoms with Crippen molar-refractivity contribution in [1.82, 2.24) is 29.8 Å². The van der Waals surface area contributed by atoms with Gasteiger partial charge in [0.15, 0.2) is 0 Å². The number of aromatic amines is 1. The fourth-order valence-corrected chi connectivity index (χ4v) is 4.22. The molecule has 0 saturated carbocycles. The van der Waals surface area contributed by atoms with Crippen LogP contribution in [0.15, 0.2) is 53.2 Å². The number of hydrogen-bond acceptors (Lipinski definition) is 6. The van der Waals surface area contributed by atoms with Crippen molar-refractivity contribution in [2.75, 3.05) is 11.4 Å². The SMILES string of the molecule is Cc1cccc2cc([C@@H]3c4nc[nH]c4CCN3c3nnc(-c4c(F)cccc4F)o3)nn12. The number of fused-ring (bicyclic) bond motifs is 2. The summed E-state index contributed by atoms with van der Waals surface area (Å²) in [7, 11) is 0. The lowest BCUT2D eigenvalue weighted by Gasteiger charge is -2.32. The van der Waals surface area contributed by atoms with Gasteiger partial charge in [0.05, 0.1) is 23.2 Å². The number of benzene rings is 1. The van der Waals surface area contributed by atoms with Crippen molar-refractivity contribution in [3.05, 3.63) is 83.2 Å².